The first-order valence-electron chi connectivity index (χ1n) is 6.19. The second kappa shape index (κ2) is 5.64. The standard InChI is InChI=1S/C13H18N4O/c1-2-5-9(14)8-15-13(18)12-10-6-3-4-7-11(10)16-17-12/h3-4,6-7,9H,2,5,8,14H2,1H3,(H,15,18)(H,16,17). The summed E-state index contributed by atoms with van der Waals surface area (Å²) >= 11 is 0. The van der Waals surface area contributed by atoms with Crippen molar-refractivity contribution in [2.75, 3.05) is 6.54 Å². The summed E-state index contributed by atoms with van der Waals surface area (Å²) < 4.78 is 0. The third-order valence-electron chi connectivity index (χ3n) is 2.87. The van der Waals surface area contributed by atoms with Gasteiger partial charge in [-0.15, -0.1) is 0 Å². The first-order valence-corrected chi connectivity index (χ1v) is 6.19. The predicted octanol–water partition coefficient (Wildman–Crippen LogP) is 1.42. The second-order valence-corrected chi connectivity index (χ2v) is 4.38. The van der Waals surface area contributed by atoms with Crippen LogP contribution in [0.4, 0.5) is 0 Å². The number of rotatable bonds is 5. The van der Waals surface area contributed by atoms with Gasteiger partial charge < -0.3 is 11.1 Å². The molecule has 0 spiro atoms. The molecule has 1 atom stereocenters. The van der Waals surface area contributed by atoms with Gasteiger partial charge in [0.2, 0.25) is 0 Å². The quantitative estimate of drug-likeness (QED) is 0.746. The summed E-state index contributed by atoms with van der Waals surface area (Å²) in [6, 6.07) is 7.56. The van der Waals surface area contributed by atoms with Crippen LogP contribution < -0.4 is 11.1 Å². The van der Waals surface area contributed by atoms with Crippen LogP contribution in [0.15, 0.2) is 24.3 Å². The minimum Gasteiger partial charge on any atom is -0.349 e. The molecule has 18 heavy (non-hydrogen) atoms. The molecule has 5 heteroatoms. The topological polar surface area (TPSA) is 83.8 Å². The Balaban J connectivity index is 2.05. The molecule has 0 radical (unpaired) electrons. The number of fused-ring (bicyclic) bond motifs is 1. The fourth-order valence-corrected chi connectivity index (χ4v) is 1.92. The molecule has 0 fully saturated rings. The summed E-state index contributed by atoms with van der Waals surface area (Å²) in [6.07, 6.45) is 1.92. The highest BCUT2D eigenvalue weighted by atomic mass is 16.1. The Hall–Kier alpha value is -1.88. The van der Waals surface area contributed by atoms with Crippen molar-refractivity contribution in [3.8, 4) is 0 Å². The molecule has 2 rings (SSSR count). The minimum atomic E-state index is -0.181. The molecule has 1 heterocycles. The van der Waals surface area contributed by atoms with E-state index in [4.69, 9.17) is 5.73 Å². The van der Waals surface area contributed by atoms with Crippen LogP contribution in [0.25, 0.3) is 10.9 Å². The Morgan fingerprint density at radius 1 is 1.50 bits per heavy atom. The lowest BCUT2D eigenvalue weighted by Crippen LogP contribution is -2.37. The number of carbonyl (C=O) groups excluding carboxylic acids is 1. The fourth-order valence-electron chi connectivity index (χ4n) is 1.92. The Morgan fingerprint density at radius 3 is 3.06 bits per heavy atom. The van der Waals surface area contributed by atoms with Crippen molar-refractivity contribution in [2.45, 2.75) is 25.8 Å². The summed E-state index contributed by atoms with van der Waals surface area (Å²) in [6.45, 7) is 2.55. The van der Waals surface area contributed by atoms with Crippen LogP contribution in [0.2, 0.25) is 0 Å². The highest BCUT2D eigenvalue weighted by Gasteiger charge is 2.14. The van der Waals surface area contributed by atoms with Crippen LogP contribution in [-0.2, 0) is 0 Å². The second-order valence-electron chi connectivity index (χ2n) is 4.38. The van der Waals surface area contributed by atoms with Gasteiger partial charge in [-0.3, -0.25) is 9.89 Å². The van der Waals surface area contributed by atoms with Crippen LogP contribution in [0.3, 0.4) is 0 Å². The molecular formula is C13H18N4O. The molecule has 1 aromatic heterocycles. The van der Waals surface area contributed by atoms with Gasteiger partial charge in [-0.2, -0.15) is 5.10 Å². The van der Waals surface area contributed by atoms with Crippen LogP contribution in [0.5, 0.6) is 0 Å². The molecule has 1 amide bonds. The molecule has 0 bridgehead atoms. The van der Waals surface area contributed by atoms with E-state index in [1.165, 1.54) is 0 Å². The number of H-pyrrole nitrogens is 1. The summed E-state index contributed by atoms with van der Waals surface area (Å²) in [5, 5.41) is 10.5. The van der Waals surface area contributed by atoms with Gasteiger partial charge in [-0.05, 0) is 12.5 Å². The van der Waals surface area contributed by atoms with Crippen molar-refractivity contribution in [1.82, 2.24) is 15.5 Å². The van der Waals surface area contributed by atoms with Gasteiger partial charge in [0.15, 0.2) is 5.69 Å². The summed E-state index contributed by atoms with van der Waals surface area (Å²) in [7, 11) is 0. The van der Waals surface area contributed by atoms with Gasteiger partial charge in [0.1, 0.15) is 0 Å². The van der Waals surface area contributed by atoms with Gasteiger partial charge in [0, 0.05) is 18.0 Å². The zero-order valence-electron chi connectivity index (χ0n) is 10.4. The number of benzene rings is 1. The van der Waals surface area contributed by atoms with Crippen molar-refractivity contribution in [3.63, 3.8) is 0 Å². The number of hydrogen-bond acceptors (Lipinski definition) is 3. The van der Waals surface area contributed by atoms with E-state index in [-0.39, 0.29) is 11.9 Å². The van der Waals surface area contributed by atoms with E-state index in [0.717, 1.165) is 23.7 Å². The van der Waals surface area contributed by atoms with Crippen molar-refractivity contribution < 1.29 is 4.79 Å². The van der Waals surface area contributed by atoms with Gasteiger partial charge in [-0.25, -0.2) is 0 Å². The zero-order chi connectivity index (χ0) is 13.0. The third kappa shape index (κ3) is 2.68. The van der Waals surface area contributed by atoms with E-state index in [1.54, 1.807) is 0 Å². The van der Waals surface area contributed by atoms with Crippen molar-refractivity contribution >= 4 is 16.8 Å². The van der Waals surface area contributed by atoms with E-state index in [2.05, 4.69) is 22.4 Å². The maximum absolute atomic E-state index is 12.0. The average Bonchev–Trinajstić information content (AvgIpc) is 2.80. The number of nitrogens with zero attached hydrogens (tertiary/aromatic N) is 1. The molecule has 5 nitrogen and oxygen atoms in total. The molecule has 1 aromatic carbocycles. The maximum atomic E-state index is 12.0. The largest absolute Gasteiger partial charge is 0.349 e. The number of hydrogen-bond donors (Lipinski definition) is 3. The highest BCUT2D eigenvalue weighted by Crippen LogP contribution is 2.14. The average molecular weight is 246 g/mol. The van der Waals surface area contributed by atoms with Gasteiger partial charge in [-0.1, -0.05) is 31.5 Å². The number of nitrogens with one attached hydrogen (secondary N) is 2. The lowest BCUT2D eigenvalue weighted by molar-refractivity contribution is 0.0947. The molecule has 2 aromatic rings. The first-order chi connectivity index (χ1) is 8.72. The number of nitrogens with two attached hydrogens (primary N) is 1. The molecule has 0 saturated heterocycles. The molecule has 96 valence electrons. The Morgan fingerprint density at radius 2 is 2.28 bits per heavy atom. The monoisotopic (exact) mass is 246 g/mol. The summed E-state index contributed by atoms with van der Waals surface area (Å²) in [5.41, 5.74) is 7.14. The van der Waals surface area contributed by atoms with E-state index in [9.17, 15) is 4.79 Å². The number of para-hydroxylation sites is 1. The molecule has 0 aliphatic rings. The third-order valence-corrected chi connectivity index (χ3v) is 2.87. The normalized spacial score (nSPS) is 12.6. The van der Waals surface area contributed by atoms with Gasteiger partial charge >= 0.3 is 0 Å². The van der Waals surface area contributed by atoms with E-state index < -0.39 is 0 Å². The number of amides is 1. The van der Waals surface area contributed by atoms with E-state index >= 15 is 0 Å². The molecule has 4 N–H and O–H groups in total. The Kier molecular flexibility index (Phi) is 3.94. The van der Waals surface area contributed by atoms with Crippen LogP contribution in [0, 0.1) is 0 Å². The lowest BCUT2D eigenvalue weighted by Gasteiger charge is -2.10. The lowest BCUT2D eigenvalue weighted by atomic mass is 10.1. The molecule has 0 saturated carbocycles. The SMILES string of the molecule is CCCC(N)CNC(=O)c1n[nH]c2ccccc12. The van der Waals surface area contributed by atoms with Gasteiger partial charge in [0.25, 0.3) is 5.91 Å². The van der Waals surface area contributed by atoms with Crippen LogP contribution in [-0.4, -0.2) is 28.7 Å². The van der Waals surface area contributed by atoms with Crippen molar-refractivity contribution in [1.29, 1.82) is 0 Å². The highest BCUT2D eigenvalue weighted by molar-refractivity contribution is 6.04. The summed E-state index contributed by atoms with van der Waals surface area (Å²) in [5.74, 6) is -0.181. The zero-order valence-corrected chi connectivity index (χ0v) is 10.4. The maximum Gasteiger partial charge on any atom is 0.272 e. The number of carbonyl (C=O) groups is 1. The Labute approximate surface area is 106 Å². The Bertz CT molecular complexity index is 535. The summed E-state index contributed by atoms with van der Waals surface area (Å²) in [4.78, 5) is 12.0. The molecule has 1 unspecified atom stereocenters. The smallest absolute Gasteiger partial charge is 0.272 e. The number of aromatic nitrogens is 2. The van der Waals surface area contributed by atoms with Crippen LogP contribution in [0.1, 0.15) is 30.3 Å². The molecule has 0 aliphatic heterocycles. The molecular weight excluding hydrogens is 228 g/mol. The minimum absolute atomic E-state index is 0.00385. The molecule has 0 aliphatic carbocycles. The van der Waals surface area contributed by atoms with E-state index in [1.807, 2.05) is 24.3 Å². The fraction of sp³-hybridized carbons (Fsp3) is 0.385. The van der Waals surface area contributed by atoms with Gasteiger partial charge in [0.05, 0.1) is 5.52 Å². The predicted molar refractivity (Wildman–Crippen MR) is 71.3 cm³/mol. The van der Waals surface area contributed by atoms with E-state index in [0.29, 0.717) is 12.2 Å². The number of aromatic amines is 1. The van der Waals surface area contributed by atoms with Crippen molar-refractivity contribution in [2.24, 2.45) is 5.73 Å². The van der Waals surface area contributed by atoms with Crippen LogP contribution >= 0.6 is 0 Å². The first kappa shape index (κ1) is 12.6. The van der Waals surface area contributed by atoms with Crippen molar-refractivity contribution in [3.05, 3.63) is 30.0 Å².